The Labute approximate surface area is 158 Å². The van der Waals surface area contributed by atoms with Crippen LogP contribution < -0.4 is 4.74 Å². The van der Waals surface area contributed by atoms with Gasteiger partial charge in [-0.15, -0.1) is 22.7 Å². The summed E-state index contributed by atoms with van der Waals surface area (Å²) in [6, 6.07) is 17.8. The van der Waals surface area contributed by atoms with E-state index in [9.17, 15) is 5.26 Å². The molecule has 26 heavy (non-hydrogen) atoms. The lowest BCUT2D eigenvalue weighted by Crippen LogP contribution is -1.95. The van der Waals surface area contributed by atoms with Gasteiger partial charge in [0.2, 0.25) is 0 Å². The Kier molecular flexibility index (Phi) is 4.73. The maximum absolute atomic E-state index is 9.53. The van der Waals surface area contributed by atoms with E-state index in [1.807, 2.05) is 60.0 Å². The Morgan fingerprint density at radius 3 is 2.73 bits per heavy atom. The molecule has 4 aromatic rings. The topological polar surface area (TPSA) is 58.8 Å². The maximum atomic E-state index is 9.53. The van der Waals surface area contributed by atoms with Crippen molar-refractivity contribution in [3.63, 3.8) is 0 Å². The zero-order valence-electron chi connectivity index (χ0n) is 13.6. The van der Waals surface area contributed by atoms with E-state index in [1.165, 1.54) is 11.3 Å². The fourth-order valence-electron chi connectivity index (χ4n) is 2.42. The second-order valence-corrected chi connectivity index (χ2v) is 7.24. The third kappa shape index (κ3) is 3.64. The lowest BCUT2D eigenvalue weighted by Gasteiger charge is -2.04. The number of fused-ring (bicyclic) bond motifs is 1. The summed E-state index contributed by atoms with van der Waals surface area (Å²) >= 11 is 3.08. The molecule has 0 bridgehead atoms. The smallest absolute Gasteiger partial charge is 0.135 e. The minimum Gasteiger partial charge on any atom is -0.487 e. The standard InChI is InChI=1S/C20H13N3OS2/c21-10-15(20-23-18-3-1-2-4-19(18)26-20)9-14-5-7-17(8-6-14)24-11-16-12-25-13-22-16/h1-9,12-13H,11H2/b15-9+. The highest BCUT2D eigenvalue weighted by molar-refractivity contribution is 7.19. The summed E-state index contributed by atoms with van der Waals surface area (Å²) in [5.74, 6) is 0.772. The van der Waals surface area contributed by atoms with Crippen molar-refractivity contribution in [2.75, 3.05) is 0 Å². The lowest BCUT2D eigenvalue weighted by atomic mass is 10.1. The highest BCUT2D eigenvalue weighted by atomic mass is 32.1. The van der Waals surface area contributed by atoms with Crippen LogP contribution >= 0.6 is 22.7 Å². The van der Waals surface area contributed by atoms with Gasteiger partial charge in [-0.1, -0.05) is 24.3 Å². The normalized spacial score (nSPS) is 11.4. The SMILES string of the molecule is N#C/C(=C\c1ccc(OCc2cscn2)cc1)c1nc2ccccc2s1. The van der Waals surface area contributed by atoms with Crippen LogP contribution in [0, 0.1) is 11.3 Å². The Hall–Kier alpha value is -3.01. The van der Waals surface area contributed by atoms with Gasteiger partial charge in [0.15, 0.2) is 0 Å². The zero-order chi connectivity index (χ0) is 17.8. The quantitative estimate of drug-likeness (QED) is 0.438. The van der Waals surface area contributed by atoms with Crippen molar-refractivity contribution < 1.29 is 4.74 Å². The van der Waals surface area contributed by atoms with E-state index in [4.69, 9.17) is 4.74 Å². The fourth-order valence-corrected chi connectivity index (χ4v) is 3.90. The van der Waals surface area contributed by atoms with Crippen LogP contribution in [0.2, 0.25) is 0 Å². The van der Waals surface area contributed by atoms with Crippen LogP contribution in [0.4, 0.5) is 0 Å². The summed E-state index contributed by atoms with van der Waals surface area (Å²) < 4.78 is 6.79. The Bertz CT molecular complexity index is 1060. The molecule has 0 fully saturated rings. The van der Waals surface area contributed by atoms with Gasteiger partial charge in [-0.25, -0.2) is 9.97 Å². The van der Waals surface area contributed by atoms with Gasteiger partial charge in [0.05, 0.1) is 27.0 Å². The van der Waals surface area contributed by atoms with Crippen molar-refractivity contribution in [1.29, 1.82) is 5.26 Å². The number of para-hydroxylation sites is 1. The largest absolute Gasteiger partial charge is 0.487 e. The number of hydrogen-bond acceptors (Lipinski definition) is 6. The van der Waals surface area contributed by atoms with Gasteiger partial charge in [0.1, 0.15) is 23.4 Å². The number of hydrogen-bond donors (Lipinski definition) is 0. The van der Waals surface area contributed by atoms with Crippen molar-refractivity contribution in [3.05, 3.63) is 75.7 Å². The van der Waals surface area contributed by atoms with E-state index in [0.29, 0.717) is 12.2 Å². The predicted molar refractivity (Wildman–Crippen MR) is 106 cm³/mol. The first kappa shape index (κ1) is 16.5. The molecule has 0 spiro atoms. The van der Waals surface area contributed by atoms with Crippen LogP contribution in [0.25, 0.3) is 21.9 Å². The molecule has 0 aliphatic heterocycles. The van der Waals surface area contributed by atoms with Crippen molar-refractivity contribution in [2.45, 2.75) is 6.61 Å². The molecule has 0 saturated heterocycles. The third-order valence-corrected chi connectivity index (χ3v) is 5.41. The summed E-state index contributed by atoms with van der Waals surface area (Å²) in [6.45, 7) is 0.452. The second-order valence-electron chi connectivity index (χ2n) is 5.49. The molecule has 0 saturated carbocycles. The number of aromatic nitrogens is 2. The van der Waals surface area contributed by atoms with Crippen LogP contribution in [0.1, 0.15) is 16.3 Å². The summed E-state index contributed by atoms with van der Waals surface area (Å²) in [5.41, 5.74) is 5.11. The molecule has 126 valence electrons. The number of rotatable bonds is 5. The van der Waals surface area contributed by atoms with E-state index >= 15 is 0 Å². The van der Waals surface area contributed by atoms with Crippen molar-refractivity contribution >= 4 is 44.5 Å². The van der Waals surface area contributed by atoms with Gasteiger partial charge in [-0.05, 0) is 35.9 Å². The zero-order valence-corrected chi connectivity index (χ0v) is 15.3. The number of nitrogens with zero attached hydrogens (tertiary/aromatic N) is 3. The summed E-state index contributed by atoms with van der Waals surface area (Å²) in [7, 11) is 0. The Balaban J connectivity index is 1.53. The van der Waals surface area contributed by atoms with Crippen LogP contribution in [0.3, 0.4) is 0 Å². The Morgan fingerprint density at radius 1 is 1.15 bits per heavy atom. The van der Waals surface area contributed by atoms with Crippen molar-refractivity contribution in [2.24, 2.45) is 0 Å². The first-order chi connectivity index (χ1) is 12.8. The van der Waals surface area contributed by atoms with Gasteiger partial charge >= 0.3 is 0 Å². The van der Waals surface area contributed by atoms with Crippen LogP contribution in [-0.2, 0) is 6.61 Å². The summed E-state index contributed by atoms with van der Waals surface area (Å²) in [6.07, 6.45) is 1.85. The Morgan fingerprint density at radius 2 is 2.00 bits per heavy atom. The highest BCUT2D eigenvalue weighted by Gasteiger charge is 2.08. The molecule has 0 radical (unpaired) electrons. The van der Waals surface area contributed by atoms with Gasteiger partial charge in [-0.2, -0.15) is 5.26 Å². The lowest BCUT2D eigenvalue weighted by molar-refractivity contribution is 0.302. The number of nitriles is 1. The van der Waals surface area contributed by atoms with Gasteiger partial charge < -0.3 is 4.74 Å². The van der Waals surface area contributed by atoms with Crippen LogP contribution in [0.15, 0.2) is 59.4 Å². The monoisotopic (exact) mass is 375 g/mol. The maximum Gasteiger partial charge on any atom is 0.135 e. The van der Waals surface area contributed by atoms with E-state index in [1.54, 1.807) is 16.8 Å². The van der Waals surface area contributed by atoms with Crippen LogP contribution in [0.5, 0.6) is 5.75 Å². The first-order valence-electron chi connectivity index (χ1n) is 7.89. The molecule has 0 N–H and O–H groups in total. The molecular weight excluding hydrogens is 362 g/mol. The molecule has 4 rings (SSSR count). The molecular formula is C20H13N3OS2. The summed E-state index contributed by atoms with van der Waals surface area (Å²) in [5, 5.41) is 12.2. The average molecular weight is 375 g/mol. The molecule has 0 atom stereocenters. The first-order valence-corrected chi connectivity index (χ1v) is 9.65. The minimum absolute atomic E-state index is 0.452. The molecule has 0 aliphatic rings. The molecule has 4 nitrogen and oxygen atoms in total. The highest BCUT2D eigenvalue weighted by Crippen LogP contribution is 2.28. The molecule has 0 unspecified atom stereocenters. The van der Waals surface area contributed by atoms with E-state index in [-0.39, 0.29) is 0 Å². The van der Waals surface area contributed by atoms with Gasteiger partial charge in [0, 0.05) is 5.38 Å². The van der Waals surface area contributed by atoms with Gasteiger partial charge in [-0.3, -0.25) is 0 Å². The van der Waals surface area contributed by atoms with Crippen molar-refractivity contribution in [1.82, 2.24) is 9.97 Å². The molecule has 6 heteroatoms. The second kappa shape index (κ2) is 7.48. The third-order valence-electron chi connectivity index (χ3n) is 3.71. The molecule has 0 amide bonds. The molecule has 2 aromatic heterocycles. The van der Waals surface area contributed by atoms with E-state index in [0.717, 1.165) is 32.2 Å². The predicted octanol–water partition coefficient (Wildman–Crippen LogP) is 5.40. The number of ether oxygens (including phenoxy) is 1. The average Bonchev–Trinajstić information content (AvgIpc) is 3.34. The molecule has 0 aliphatic carbocycles. The minimum atomic E-state index is 0.452. The molecule has 2 aromatic carbocycles. The fraction of sp³-hybridized carbons (Fsp3) is 0.0500. The van der Waals surface area contributed by atoms with Crippen LogP contribution in [-0.4, -0.2) is 9.97 Å². The number of allylic oxidation sites excluding steroid dienone is 1. The number of benzene rings is 2. The van der Waals surface area contributed by atoms with E-state index in [2.05, 4.69) is 16.0 Å². The van der Waals surface area contributed by atoms with E-state index < -0.39 is 0 Å². The number of thiazole rings is 2. The summed E-state index contributed by atoms with van der Waals surface area (Å²) in [4.78, 5) is 8.75. The van der Waals surface area contributed by atoms with Crippen molar-refractivity contribution in [3.8, 4) is 11.8 Å². The molecule has 2 heterocycles. The van der Waals surface area contributed by atoms with Gasteiger partial charge in [0.25, 0.3) is 0 Å².